The summed E-state index contributed by atoms with van der Waals surface area (Å²) < 4.78 is 0. The Bertz CT molecular complexity index is 404. The van der Waals surface area contributed by atoms with Gasteiger partial charge in [-0.3, -0.25) is 0 Å². The predicted octanol–water partition coefficient (Wildman–Crippen LogP) is 5.10. The van der Waals surface area contributed by atoms with E-state index in [1.54, 1.807) is 0 Å². The molecule has 0 aromatic heterocycles. The molecule has 1 saturated carbocycles. The third kappa shape index (κ3) is 3.63. The summed E-state index contributed by atoms with van der Waals surface area (Å²) in [5, 5.41) is 9.21. The van der Waals surface area contributed by atoms with Crippen LogP contribution >= 0.6 is 0 Å². The van der Waals surface area contributed by atoms with Gasteiger partial charge in [0.2, 0.25) is 0 Å². The van der Waals surface area contributed by atoms with Crippen LogP contribution in [0.5, 0.6) is 0 Å². The molecule has 112 valence electrons. The summed E-state index contributed by atoms with van der Waals surface area (Å²) in [5.41, 5.74) is 3.21. The van der Waals surface area contributed by atoms with Crippen LogP contribution < -0.4 is 0 Å². The molecule has 1 aliphatic rings. The summed E-state index contributed by atoms with van der Waals surface area (Å²) in [4.78, 5) is 0. The van der Waals surface area contributed by atoms with E-state index in [4.69, 9.17) is 0 Å². The highest BCUT2D eigenvalue weighted by Crippen LogP contribution is 2.43. The van der Waals surface area contributed by atoms with Crippen molar-refractivity contribution in [1.29, 1.82) is 0 Å². The van der Waals surface area contributed by atoms with Crippen LogP contribution in [0, 0.1) is 11.3 Å². The van der Waals surface area contributed by atoms with Crippen LogP contribution in [0.25, 0.3) is 0 Å². The average Bonchev–Trinajstić information content (AvgIpc) is 2.46. The fraction of sp³-hybridized carbons (Fsp3) is 0.684. The van der Waals surface area contributed by atoms with Gasteiger partial charge in [-0.15, -0.1) is 0 Å². The third-order valence-electron chi connectivity index (χ3n) is 5.20. The van der Waals surface area contributed by atoms with E-state index >= 15 is 0 Å². The van der Waals surface area contributed by atoms with Gasteiger partial charge < -0.3 is 5.11 Å². The van der Waals surface area contributed by atoms with Crippen molar-refractivity contribution in [2.75, 3.05) is 6.61 Å². The monoisotopic (exact) mass is 274 g/mol. The molecule has 1 unspecified atom stereocenters. The minimum absolute atomic E-state index is 0.232. The molecule has 20 heavy (non-hydrogen) atoms. The summed E-state index contributed by atoms with van der Waals surface area (Å²) >= 11 is 0. The van der Waals surface area contributed by atoms with Gasteiger partial charge in [0.25, 0.3) is 0 Å². The molecule has 1 aromatic carbocycles. The molecule has 0 aliphatic heterocycles. The lowest BCUT2D eigenvalue weighted by molar-refractivity contribution is 0.169. The summed E-state index contributed by atoms with van der Waals surface area (Å²) in [6.45, 7) is 9.44. The molecule has 0 radical (unpaired) electrons. The van der Waals surface area contributed by atoms with E-state index in [1.807, 2.05) is 0 Å². The second-order valence-electron chi connectivity index (χ2n) is 7.66. The predicted molar refractivity (Wildman–Crippen MR) is 86.1 cm³/mol. The van der Waals surface area contributed by atoms with Crippen LogP contribution in [0.1, 0.15) is 76.3 Å². The van der Waals surface area contributed by atoms with Crippen LogP contribution in [-0.4, -0.2) is 11.7 Å². The van der Waals surface area contributed by atoms with Gasteiger partial charge in [-0.25, -0.2) is 0 Å². The van der Waals surface area contributed by atoms with Crippen molar-refractivity contribution in [2.45, 2.75) is 65.2 Å². The Morgan fingerprint density at radius 1 is 1.05 bits per heavy atom. The quantitative estimate of drug-likeness (QED) is 0.812. The first-order valence-corrected chi connectivity index (χ1v) is 8.12. The van der Waals surface area contributed by atoms with Crippen molar-refractivity contribution < 1.29 is 5.11 Å². The highest BCUT2D eigenvalue weighted by molar-refractivity contribution is 5.27. The molecule has 1 N–H and O–H groups in total. The Balaban J connectivity index is 1.97. The lowest BCUT2D eigenvalue weighted by Gasteiger charge is -2.37. The van der Waals surface area contributed by atoms with Crippen LogP contribution in [-0.2, 0) is 0 Å². The molecule has 1 nitrogen and oxygen atoms in total. The van der Waals surface area contributed by atoms with Gasteiger partial charge in [0, 0.05) is 12.5 Å². The molecule has 1 heteroatoms. The van der Waals surface area contributed by atoms with Crippen LogP contribution in [0.2, 0.25) is 0 Å². The Morgan fingerprint density at radius 3 is 2.05 bits per heavy atom. The minimum atomic E-state index is 0.232. The van der Waals surface area contributed by atoms with E-state index in [9.17, 15) is 5.11 Å². The molecular formula is C19H30O. The van der Waals surface area contributed by atoms with E-state index < -0.39 is 0 Å². The number of hydrogen-bond acceptors (Lipinski definition) is 1. The Labute approximate surface area is 124 Å². The van der Waals surface area contributed by atoms with Crippen molar-refractivity contribution in [3.05, 3.63) is 35.4 Å². The van der Waals surface area contributed by atoms with E-state index in [2.05, 4.69) is 52.0 Å². The van der Waals surface area contributed by atoms with Gasteiger partial charge in [0.15, 0.2) is 0 Å². The van der Waals surface area contributed by atoms with E-state index in [1.165, 1.54) is 36.8 Å². The molecular weight excluding hydrogens is 244 g/mol. The van der Waals surface area contributed by atoms with Crippen LogP contribution in [0.3, 0.4) is 0 Å². The number of benzene rings is 1. The molecule has 0 amide bonds. The number of aliphatic hydroxyl groups is 1. The SMILES string of the molecule is CC(CO)c1ccc(C2CCC(C(C)(C)C)CC2)cc1. The van der Waals surface area contributed by atoms with Crippen molar-refractivity contribution >= 4 is 0 Å². The van der Waals surface area contributed by atoms with E-state index in [0.717, 1.165) is 11.8 Å². The van der Waals surface area contributed by atoms with Gasteiger partial charge in [0.05, 0.1) is 0 Å². The molecule has 0 saturated heterocycles. The number of hydrogen-bond donors (Lipinski definition) is 1. The second kappa shape index (κ2) is 6.30. The zero-order valence-corrected chi connectivity index (χ0v) is 13.5. The Kier molecular flexibility index (Phi) is 4.90. The summed E-state index contributed by atoms with van der Waals surface area (Å²) in [5.74, 6) is 1.88. The van der Waals surface area contributed by atoms with Crippen molar-refractivity contribution in [3.8, 4) is 0 Å². The van der Waals surface area contributed by atoms with Gasteiger partial charge in [-0.2, -0.15) is 0 Å². The normalized spacial score (nSPS) is 25.4. The maximum Gasteiger partial charge on any atom is 0.0497 e. The minimum Gasteiger partial charge on any atom is -0.396 e. The van der Waals surface area contributed by atoms with Gasteiger partial charge in [0.1, 0.15) is 0 Å². The molecule has 0 spiro atoms. The average molecular weight is 274 g/mol. The molecule has 1 aliphatic carbocycles. The maximum absolute atomic E-state index is 9.21. The van der Waals surface area contributed by atoms with Crippen LogP contribution in [0.4, 0.5) is 0 Å². The zero-order valence-electron chi connectivity index (χ0n) is 13.5. The molecule has 0 bridgehead atoms. The number of rotatable bonds is 3. The molecule has 1 fully saturated rings. The molecule has 0 heterocycles. The first-order chi connectivity index (χ1) is 9.41. The first kappa shape index (κ1) is 15.6. The van der Waals surface area contributed by atoms with Gasteiger partial charge in [-0.1, -0.05) is 52.0 Å². The smallest absolute Gasteiger partial charge is 0.0497 e. The topological polar surface area (TPSA) is 20.2 Å². The van der Waals surface area contributed by atoms with Crippen molar-refractivity contribution in [3.63, 3.8) is 0 Å². The third-order valence-corrected chi connectivity index (χ3v) is 5.20. The fourth-order valence-corrected chi connectivity index (χ4v) is 3.49. The molecule has 2 rings (SSSR count). The zero-order chi connectivity index (χ0) is 14.8. The summed E-state index contributed by atoms with van der Waals surface area (Å²) in [6, 6.07) is 8.96. The Morgan fingerprint density at radius 2 is 1.60 bits per heavy atom. The first-order valence-electron chi connectivity index (χ1n) is 8.12. The van der Waals surface area contributed by atoms with Crippen molar-refractivity contribution in [1.82, 2.24) is 0 Å². The van der Waals surface area contributed by atoms with Crippen molar-refractivity contribution in [2.24, 2.45) is 11.3 Å². The maximum atomic E-state index is 9.21. The highest BCUT2D eigenvalue weighted by Gasteiger charge is 2.30. The van der Waals surface area contributed by atoms with E-state index in [-0.39, 0.29) is 12.5 Å². The van der Waals surface area contributed by atoms with Gasteiger partial charge >= 0.3 is 0 Å². The van der Waals surface area contributed by atoms with Gasteiger partial charge in [-0.05, 0) is 54.1 Å². The lowest BCUT2D eigenvalue weighted by atomic mass is 9.68. The lowest BCUT2D eigenvalue weighted by Crippen LogP contribution is -2.25. The fourth-order valence-electron chi connectivity index (χ4n) is 3.49. The molecule has 1 aromatic rings. The largest absolute Gasteiger partial charge is 0.396 e. The molecule has 1 atom stereocenters. The Hall–Kier alpha value is -0.820. The van der Waals surface area contributed by atoms with Crippen LogP contribution in [0.15, 0.2) is 24.3 Å². The second-order valence-corrected chi connectivity index (χ2v) is 7.66. The number of aliphatic hydroxyl groups excluding tert-OH is 1. The summed E-state index contributed by atoms with van der Waals surface area (Å²) in [7, 11) is 0. The highest BCUT2D eigenvalue weighted by atomic mass is 16.3. The summed E-state index contributed by atoms with van der Waals surface area (Å²) in [6.07, 6.45) is 5.39. The standard InChI is InChI=1S/C19H30O/c1-14(13-20)15-5-7-16(8-6-15)17-9-11-18(12-10-17)19(2,3)4/h5-8,14,17-18,20H,9-13H2,1-4H3. The van der Waals surface area contributed by atoms with E-state index in [0.29, 0.717) is 5.41 Å².